The predicted molar refractivity (Wildman–Crippen MR) is 79.9 cm³/mol. The monoisotopic (exact) mass is 277 g/mol. The summed E-state index contributed by atoms with van der Waals surface area (Å²) in [5.74, 6) is 2.92. The molecule has 2 aromatic heterocycles. The molecule has 0 aliphatic rings. The Balaban J connectivity index is 2.24. The third-order valence-corrected chi connectivity index (χ3v) is 3.41. The third-order valence-electron chi connectivity index (χ3n) is 2.78. The van der Waals surface area contributed by atoms with Gasteiger partial charge in [-0.1, -0.05) is 13.8 Å². The maximum Gasteiger partial charge on any atom is 0.135 e. The molecule has 0 aliphatic carbocycles. The summed E-state index contributed by atoms with van der Waals surface area (Å²) in [5, 5.41) is 5.14. The molecule has 1 N–H and O–H groups in total. The van der Waals surface area contributed by atoms with Crippen LogP contribution >= 0.6 is 11.3 Å². The molecule has 0 atom stereocenters. The zero-order valence-electron chi connectivity index (χ0n) is 11.7. The fourth-order valence-electron chi connectivity index (χ4n) is 1.67. The largest absolute Gasteiger partial charge is 0.373 e. The molecule has 2 aromatic rings. The molecule has 5 nitrogen and oxygen atoms in total. The highest BCUT2D eigenvalue weighted by Gasteiger charge is 2.11. The lowest BCUT2D eigenvalue weighted by Gasteiger charge is -2.19. The predicted octanol–water partition coefficient (Wildman–Crippen LogP) is 2.73. The SMILES string of the molecule is CNc1cc(N(C)Cc2cscn2)nc(C(C)C)n1. The van der Waals surface area contributed by atoms with E-state index < -0.39 is 0 Å². The average Bonchev–Trinajstić information content (AvgIpc) is 2.90. The molecular formula is C13H19N5S. The van der Waals surface area contributed by atoms with E-state index in [2.05, 4.69) is 44.4 Å². The van der Waals surface area contributed by atoms with Gasteiger partial charge in [-0.3, -0.25) is 0 Å². The van der Waals surface area contributed by atoms with Gasteiger partial charge in [0.2, 0.25) is 0 Å². The summed E-state index contributed by atoms with van der Waals surface area (Å²) >= 11 is 1.61. The van der Waals surface area contributed by atoms with Gasteiger partial charge in [0, 0.05) is 31.5 Å². The van der Waals surface area contributed by atoms with Gasteiger partial charge in [-0.2, -0.15) is 0 Å². The molecule has 102 valence electrons. The smallest absolute Gasteiger partial charge is 0.135 e. The van der Waals surface area contributed by atoms with Crippen LogP contribution in [0.25, 0.3) is 0 Å². The summed E-state index contributed by atoms with van der Waals surface area (Å²) in [6, 6.07) is 1.96. The van der Waals surface area contributed by atoms with Crippen LogP contribution in [0.4, 0.5) is 11.6 Å². The van der Waals surface area contributed by atoms with E-state index in [1.54, 1.807) is 11.3 Å². The van der Waals surface area contributed by atoms with Crippen LogP contribution in [-0.2, 0) is 6.54 Å². The number of anilines is 2. The molecule has 0 aromatic carbocycles. The summed E-state index contributed by atoms with van der Waals surface area (Å²) in [6.07, 6.45) is 0. The second-order valence-electron chi connectivity index (χ2n) is 4.71. The van der Waals surface area contributed by atoms with Gasteiger partial charge in [-0.25, -0.2) is 15.0 Å². The Morgan fingerprint density at radius 2 is 2.16 bits per heavy atom. The van der Waals surface area contributed by atoms with Crippen molar-refractivity contribution in [3.05, 3.63) is 28.5 Å². The Bertz CT molecular complexity index is 524. The summed E-state index contributed by atoms with van der Waals surface area (Å²) in [6.45, 7) is 4.94. The van der Waals surface area contributed by atoms with Crippen LogP contribution in [0.5, 0.6) is 0 Å². The van der Waals surface area contributed by atoms with E-state index in [4.69, 9.17) is 0 Å². The van der Waals surface area contributed by atoms with Crippen LogP contribution in [-0.4, -0.2) is 29.0 Å². The summed E-state index contributed by atoms with van der Waals surface area (Å²) in [7, 11) is 3.89. The molecule has 0 unspecified atom stereocenters. The first-order valence-corrected chi connectivity index (χ1v) is 7.19. The van der Waals surface area contributed by atoms with Crippen LogP contribution in [0.2, 0.25) is 0 Å². The van der Waals surface area contributed by atoms with Crippen molar-refractivity contribution in [3.63, 3.8) is 0 Å². The highest BCUT2D eigenvalue weighted by atomic mass is 32.1. The number of hydrogen-bond donors (Lipinski definition) is 1. The third kappa shape index (κ3) is 3.41. The van der Waals surface area contributed by atoms with Crippen LogP contribution < -0.4 is 10.2 Å². The summed E-state index contributed by atoms with van der Waals surface area (Å²) in [4.78, 5) is 15.5. The molecule has 0 amide bonds. The molecule has 0 saturated carbocycles. The number of hydrogen-bond acceptors (Lipinski definition) is 6. The van der Waals surface area contributed by atoms with E-state index in [0.29, 0.717) is 5.92 Å². The number of thiazole rings is 1. The van der Waals surface area contributed by atoms with Crippen LogP contribution in [0.1, 0.15) is 31.3 Å². The van der Waals surface area contributed by atoms with Crippen LogP contribution in [0, 0.1) is 0 Å². The lowest BCUT2D eigenvalue weighted by molar-refractivity contribution is 0.762. The van der Waals surface area contributed by atoms with Gasteiger partial charge < -0.3 is 10.2 Å². The van der Waals surface area contributed by atoms with Crippen molar-refractivity contribution in [1.82, 2.24) is 15.0 Å². The van der Waals surface area contributed by atoms with Crippen molar-refractivity contribution < 1.29 is 0 Å². The summed E-state index contributed by atoms with van der Waals surface area (Å²) in [5.41, 5.74) is 2.91. The van der Waals surface area contributed by atoms with Crippen molar-refractivity contribution in [3.8, 4) is 0 Å². The second kappa shape index (κ2) is 5.97. The molecule has 2 rings (SSSR count). The molecule has 0 radical (unpaired) electrons. The lowest BCUT2D eigenvalue weighted by atomic mass is 10.2. The molecule has 0 bridgehead atoms. The van der Waals surface area contributed by atoms with Crippen molar-refractivity contribution in [1.29, 1.82) is 0 Å². The minimum Gasteiger partial charge on any atom is -0.373 e. The number of rotatable bonds is 5. The Labute approximate surface area is 117 Å². The van der Waals surface area contributed by atoms with E-state index >= 15 is 0 Å². The lowest BCUT2D eigenvalue weighted by Crippen LogP contribution is -2.19. The highest BCUT2D eigenvalue weighted by Crippen LogP contribution is 2.20. The van der Waals surface area contributed by atoms with Crippen LogP contribution in [0.15, 0.2) is 17.0 Å². The van der Waals surface area contributed by atoms with E-state index in [9.17, 15) is 0 Å². The first kappa shape index (κ1) is 13.7. The van der Waals surface area contributed by atoms with Gasteiger partial charge in [-0.15, -0.1) is 11.3 Å². The van der Waals surface area contributed by atoms with Gasteiger partial charge in [-0.05, 0) is 0 Å². The number of aromatic nitrogens is 3. The number of nitrogens with zero attached hydrogens (tertiary/aromatic N) is 4. The maximum atomic E-state index is 4.61. The first-order valence-electron chi connectivity index (χ1n) is 6.25. The molecule has 0 fully saturated rings. The number of nitrogens with one attached hydrogen (secondary N) is 1. The quantitative estimate of drug-likeness (QED) is 0.910. The second-order valence-corrected chi connectivity index (χ2v) is 5.43. The Hall–Kier alpha value is -1.69. The molecule has 6 heteroatoms. The van der Waals surface area contributed by atoms with Gasteiger partial charge >= 0.3 is 0 Å². The van der Waals surface area contributed by atoms with E-state index in [1.807, 2.05) is 25.7 Å². The summed E-state index contributed by atoms with van der Waals surface area (Å²) < 4.78 is 0. The minimum absolute atomic E-state index is 0.305. The maximum absolute atomic E-state index is 4.61. The topological polar surface area (TPSA) is 53.9 Å². The molecule has 19 heavy (non-hydrogen) atoms. The van der Waals surface area contributed by atoms with Gasteiger partial charge in [0.25, 0.3) is 0 Å². The fourth-order valence-corrected chi connectivity index (χ4v) is 2.22. The van der Waals surface area contributed by atoms with Crippen molar-refractivity contribution in [2.24, 2.45) is 0 Å². The normalized spacial score (nSPS) is 10.8. The van der Waals surface area contributed by atoms with Gasteiger partial charge in [0.1, 0.15) is 17.5 Å². The fraction of sp³-hybridized carbons (Fsp3) is 0.462. The standard InChI is InChI=1S/C13H19N5S/c1-9(2)13-16-11(14-3)5-12(17-13)18(4)6-10-7-19-8-15-10/h5,7-9H,6H2,1-4H3,(H,14,16,17). The zero-order valence-corrected chi connectivity index (χ0v) is 12.5. The van der Waals surface area contributed by atoms with Gasteiger partial charge in [0.05, 0.1) is 17.7 Å². The Morgan fingerprint density at radius 1 is 1.37 bits per heavy atom. The van der Waals surface area contributed by atoms with Crippen molar-refractivity contribution >= 4 is 23.0 Å². The molecule has 0 aliphatic heterocycles. The first-order chi connectivity index (χ1) is 9.10. The average molecular weight is 277 g/mol. The minimum atomic E-state index is 0.305. The van der Waals surface area contributed by atoms with E-state index in [-0.39, 0.29) is 0 Å². The van der Waals surface area contributed by atoms with E-state index in [0.717, 1.165) is 29.7 Å². The Morgan fingerprint density at radius 3 is 2.74 bits per heavy atom. The van der Waals surface area contributed by atoms with Crippen molar-refractivity contribution in [2.45, 2.75) is 26.3 Å². The highest BCUT2D eigenvalue weighted by molar-refractivity contribution is 7.07. The molecule has 0 saturated heterocycles. The van der Waals surface area contributed by atoms with E-state index in [1.165, 1.54) is 0 Å². The molecular weight excluding hydrogens is 258 g/mol. The molecule has 0 spiro atoms. The zero-order chi connectivity index (χ0) is 13.8. The van der Waals surface area contributed by atoms with Gasteiger partial charge in [0.15, 0.2) is 0 Å². The Kier molecular flexibility index (Phi) is 4.31. The molecule has 2 heterocycles. The van der Waals surface area contributed by atoms with Crippen molar-refractivity contribution in [2.75, 3.05) is 24.3 Å². The van der Waals surface area contributed by atoms with Crippen LogP contribution in [0.3, 0.4) is 0 Å².